The number of nitrogens with two attached hydrogens (primary N) is 1. The van der Waals surface area contributed by atoms with E-state index in [9.17, 15) is 0 Å². The summed E-state index contributed by atoms with van der Waals surface area (Å²) in [5.41, 5.74) is 6.80. The van der Waals surface area contributed by atoms with E-state index in [4.69, 9.17) is 5.73 Å². The highest BCUT2D eigenvalue weighted by molar-refractivity contribution is 9.11. The van der Waals surface area contributed by atoms with Crippen molar-refractivity contribution in [2.24, 2.45) is 0 Å². The Hall–Kier alpha value is -0.460. The van der Waals surface area contributed by atoms with Gasteiger partial charge in [0.25, 0.3) is 0 Å². The Bertz CT molecular complexity index is 587. The van der Waals surface area contributed by atoms with Gasteiger partial charge in [0, 0.05) is 15.3 Å². The standard InChI is InChI=1S/C12H13Br2N3S/c1-12(2,3)9-8(14)10(15)17-11(16-9)7-4-6(13)5-18-7/h4-5H,1-3H3,(H2,15,16,17). The van der Waals surface area contributed by atoms with E-state index in [1.807, 2.05) is 11.4 Å². The molecule has 0 saturated heterocycles. The molecule has 6 heteroatoms. The summed E-state index contributed by atoms with van der Waals surface area (Å²) in [6.07, 6.45) is 0. The first-order valence-electron chi connectivity index (χ1n) is 5.37. The topological polar surface area (TPSA) is 51.8 Å². The van der Waals surface area contributed by atoms with Gasteiger partial charge in [-0.05, 0) is 37.9 Å². The van der Waals surface area contributed by atoms with Crippen molar-refractivity contribution >= 4 is 49.0 Å². The normalized spacial score (nSPS) is 11.8. The van der Waals surface area contributed by atoms with Crippen molar-refractivity contribution in [2.75, 3.05) is 5.73 Å². The predicted molar refractivity (Wildman–Crippen MR) is 83.9 cm³/mol. The van der Waals surface area contributed by atoms with E-state index < -0.39 is 0 Å². The number of halogens is 2. The minimum Gasteiger partial charge on any atom is -0.383 e. The second-order valence-electron chi connectivity index (χ2n) is 4.97. The van der Waals surface area contributed by atoms with Gasteiger partial charge < -0.3 is 5.73 Å². The minimum atomic E-state index is -0.0842. The van der Waals surface area contributed by atoms with E-state index in [-0.39, 0.29) is 5.41 Å². The van der Waals surface area contributed by atoms with Crippen LogP contribution in [0.5, 0.6) is 0 Å². The molecule has 18 heavy (non-hydrogen) atoms. The summed E-state index contributed by atoms with van der Waals surface area (Å²) < 4.78 is 1.82. The Morgan fingerprint density at radius 2 is 1.89 bits per heavy atom. The fourth-order valence-corrected chi connectivity index (χ4v) is 3.63. The first kappa shape index (κ1) is 14.0. The molecule has 0 aliphatic carbocycles. The van der Waals surface area contributed by atoms with Crippen LogP contribution in [-0.4, -0.2) is 9.97 Å². The first-order chi connectivity index (χ1) is 8.29. The molecule has 96 valence electrons. The molecule has 2 aromatic heterocycles. The number of hydrogen-bond donors (Lipinski definition) is 1. The molecule has 2 heterocycles. The van der Waals surface area contributed by atoms with Crippen LogP contribution in [-0.2, 0) is 5.41 Å². The van der Waals surface area contributed by atoms with Crippen molar-refractivity contribution < 1.29 is 0 Å². The largest absolute Gasteiger partial charge is 0.383 e. The van der Waals surface area contributed by atoms with Crippen LogP contribution in [0.4, 0.5) is 5.82 Å². The van der Waals surface area contributed by atoms with Gasteiger partial charge in [0.2, 0.25) is 0 Å². The summed E-state index contributed by atoms with van der Waals surface area (Å²) in [7, 11) is 0. The zero-order valence-corrected chi connectivity index (χ0v) is 14.3. The average molecular weight is 391 g/mol. The van der Waals surface area contributed by atoms with Gasteiger partial charge in [0.15, 0.2) is 5.82 Å². The first-order valence-corrected chi connectivity index (χ1v) is 7.83. The maximum atomic E-state index is 5.96. The van der Waals surface area contributed by atoms with Gasteiger partial charge in [-0.2, -0.15) is 0 Å². The molecule has 0 bridgehead atoms. The highest BCUT2D eigenvalue weighted by Gasteiger charge is 2.23. The Morgan fingerprint density at radius 3 is 2.39 bits per heavy atom. The molecule has 0 radical (unpaired) electrons. The van der Waals surface area contributed by atoms with Gasteiger partial charge in [0.1, 0.15) is 5.82 Å². The van der Waals surface area contributed by atoms with Crippen molar-refractivity contribution in [2.45, 2.75) is 26.2 Å². The van der Waals surface area contributed by atoms with Crippen molar-refractivity contribution in [1.82, 2.24) is 9.97 Å². The lowest BCUT2D eigenvalue weighted by Gasteiger charge is -2.20. The number of rotatable bonds is 1. The van der Waals surface area contributed by atoms with Crippen LogP contribution in [0.15, 0.2) is 20.4 Å². The Morgan fingerprint density at radius 1 is 1.22 bits per heavy atom. The monoisotopic (exact) mass is 389 g/mol. The van der Waals surface area contributed by atoms with Crippen LogP contribution in [0.1, 0.15) is 26.5 Å². The fraction of sp³-hybridized carbons (Fsp3) is 0.333. The Labute approximate surface area is 127 Å². The van der Waals surface area contributed by atoms with Gasteiger partial charge in [-0.25, -0.2) is 9.97 Å². The zero-order valence-electron chi connectivity index (χ0n) is 10.3. The molecule has 0 aromatic carbocycles. The van der Waals surface area contributed by atoms with Crippen molar-refractivity contribution in [3.63, 3.8) is 0 Å². The lowest BCUT2D eigenvalue weighted by Crippen LogP contribution is -2.16. The van der Waals surface area contributed by atoms with E-state index in [2.05, 4.69) is 62.6 Å². The highest BCUT2D eigenvalue weighted by atomic mass is 79.9. The Kier molecular flexibility index (Phi) is 3.80. The highest BCUT2D eigenvalue weighted by Crippen LogP contribution is 2.35. The lowest BCUT2D eigenvalue weighted by atomic mass is 9.92. The molecule has 0 aliphatic rings. The van der Waals surface area contributed by atoms with Gasteiger partial charge in [-0.1, -0.05) is 20.8 Å². The number of nitrogen functional groups attached to an aromatic ring is 1. The molecule has 0 spiro atoms. The summed E-state index contributed by atoms with van der Waals surface area (Å²) in [6.45, 7) is 6.31. The van der Waals surface area contributed by atoms with E-state index in [1.54, 1.807) is 11.3 Å². The van der Waals surface area contributed by atoms with E-state index in [0.717, 1.165) is 19.5 Å². The molecule has 0 fully saturated rings. The van der Waals surface area contributed by atoms with Gasteiger partial charge in [-0.3, -0.25) is 0 Å². The average Bonchev–Trinajstić information content (AvgIpc) is 2.67. The summed E-state index contributed by atoms with van der Waals surface area (Å²) >= 11 is 8.50. The Balaban J connectivity index is 2.61. The molecule has 3 nitrogen and oxygen atoms in total. The fourth-order valence-electron chi connectivity index (χ4n) is 1.50. The molecule has 0 amide bonds. The molecule has 2 aromatic rings. The molecular weight excluding hydrogens is 378 g/mol. The zero-order chi connectivity index (χ0) is 13.5. The predicted octanol–water partition coefficient (Wildman–Crippen LogP) is 4.61. The van der Waals surface area contributed by atoms with Crippen molar-refractivity contribution in [3.8, 4) is 10.7 Å². The van der Waals surface area contributed by atoms with Crippen molar-refractivity contribution in [1.29, 1.82) is 0 Å². The number of nitrogens with zero attached hydrogens (tertiary/aromatic N) is 2. The quantitative estimate of drug-likeness (QED) is 0.773. The van der Waals surface area contributed by atoms with E-state index in [0.29, 0.717) is 11.6 Å². The molecule has 2 N–H and O–H groups in total. The summed E-state index contributed by atoms with van der Waals surface area (Å²) in [6, 6.07) is 2.00. The third kappa shape index (κ3) is 2.75. The summed E-state index contributed by atoms with van der Waals surface area (Å²) in [4.78, 5) is 9.99. The third-order valence-corrected chi connectivity index (χ3v) is 4.84. The minimum absolute atomic E-state index is 0.0842. The van der Waals surface area contributed by atoms with Crippen LogP contribution in [0.25, 0.3) is 10.7 Å². The molecule has 0 saturated carbocycles. The van der Waals surface area contributed by atoms with Crippen LogP contribution in [0.2, 0.25) is 0 Å². The van der Waals surface area contributed by atoms with E-state index >= 15 is 0 Å². The van der Waals surface area contributed by atoms with Crippen molar-refractivity contribution in [3.05, 3.63) is 26.1 Å². The van der Waals surface area contributed by atoms with E-state index in [1.165, 1.54) is 0 Å². The van der Waals surface area contributed by atoms with Gasteiger partial charge in [0.05, 0.1) is 15.0 Å². The second-order valence-corrected chi connectivity index (χ2v) is 7.59. The molecule has 0 unspecified atom stereocenters. The lowest BCUT2D eigenvalue weighted by molar-refractivity contribution is 0.565. The van der Waals surface area contributed by atoms with Crippen LogP contribution in [0.3, 0.4) is 0 Å². The maximum absolute atomic E-state index is 5.96. The number of aromatic nitrogens is 2. The third-order valence-electron chi connectivity index (χ3n) is 2.38. The summed E-state index contributed by atoms with van der Waals surface area (Å²) in [5, 5.41) is 2.01. The van der Waals surface area contributed by atoms with Gasteiger partial charge >= 0.3 is 0 Å². The number of anilines is 1. The maximum Gasteiger partial charge on any atom is 0.171 e. The number of thiophene rings is 1. The van der Waals surface area contributed by atoms with Gasteiger partial charge in [-0.15, -0.1) is 11.3 Å². The van der Waals surface area contributed by atoms with Crippen LogP contribution < -0.4 is 5.73 Å². The van der Waals surface area contributed by atoms with Crippen LogP contribution in [0, 0.1) is 0 Å². The van der Waals surface area contributed by atoms with Crippen LogP contribution >= 0.6 is 43.2 Å². The second kappa shape index (κ2) is 4.90. The number of hydrogen-bond acceptors (Lipinski definition) is 4. The molecular formula is C12H13Br2N3S. The molecule has 0 atom stereocenters. The SMILES string of the molecule is CC(C)(C)c1nc(-c2cc(Br)cs2)nc(N)c1Br. The summed E-state index contributed by atoms with van der Waals surface area (Å²) in [5.74, 6) is 1.16. The molecule has 0 aliphatic heterocycles. The molecule has 2 rings (SSSR count). The smallest absolute Gasteiger partial charge is 0.171 e.